The lowest BCUT2D eigenvalue weighted by Crippen LogP contribution is -1.92. The van der Waals surface area contributed by atoms with E-state index in [0.29, 0.717) is 0 Å². The fourth-order valence-electron chi connectivity index (χ4n) is 4.29. The van der Waals surface area contributed by atoms with Crippen LogP contribution in [-0.2, 0) is 0 Å². The fraction of sp³-hybridized carbons (Fsp3) is 0. The van der Waals surface area contributed by atoms with Crippen molar-refractivity contribution >= 4 is 10.9 Å². The quantitative estimate of drug-likeness (QED) is 0.285. The number of nitrogens with zero attached hydrogens (tertiary/aromatic N) is 3. The highest BCUT2D eigenvalue weighted by molar-refractivity contribution is 5.92. The SMILES string of the molecule is c1cncc(-c2ccc(-c3cc4ccccc4nc3-c3ccc(-c4cccnc4)cc3)cc2)c1. The molecule has 3 heterocycles. The molecular weight excluding hydrogens is 414 g/mol. The topological polar surface area (TPSA) is 38.7 Å². The number of hydrogen-bond acceptors (Lipinski definition) is 3. The summed E-state index contributed by atoms with van der Waals surface area (Å²) in [7, 11) is 0. The third-order valence-electron chi connectivity index (χ3n) is 6.07. The third kappa shape index (κ3) is 3.84. The first-order valence-corrected chi connectivity index (χ1v) is 11.3. The number of rotatable bonds is 4. The van der Waals surface area contributed by atoms with Crippen molar-refractivity contribution in [2.24, 2.45) is 0 Å². The Kier molecular flexibility index (Phi) is 5.13. The van der Waals surface area contributed by atoms with Crippen molar-refractivity contribution in [3.8, 4) is 44.6 Å². The Labute approximate surface area is 198 Å². The van der Waals surface area contributed by atoms with Crippen LogP contribution in [0, 0.1) is 0 Å². The molecule has 0 atom stereocenters. The van der Waals surface area contributed by atoms with Crippen LogP contribution in [0.5, 0.6) is 0 Å². The van der Waals surface area contributed by atoms with E-state index in [-0.39, 0.29) is 0 Å². The largest absolute Gasteiger partial charge is 0.264 e. The summed E-state index contributed by atoms with van der Waals surface area (Å²) in [6.07, 6.45) is 7.37. The van der Waals surface area contributed by atoms with E-state index >= 15 is 0 Å². The van der Waals surface area contributed by atoms with Gasteiger partial charge < -0.3 is 0 Å². The van der Waals surface area contributed by atoms with Crippen molar-refractivity contribution < 1.29 is 0 Å². The molecule has 0 N–H and O–H groups in total. The monoisotopic (exact) mass is 435 g/mol. The molecule has 0 aliphatic rings. The maximum atomic E-state index is 5.08. The molecule has 0 radical (unpaired) electrons. The molecule has 0 saturated carbocycles. The highest BCUT2D eigenvalue weighted by Crippen LogP contribution is 2.35. The van der Waals surface area contributed by atoms with Gasteiger partial charge in [0.15, 0.2) is 0 Å². The van der Waals surface area contributed by atoms with Crippen molar-refractivity contribution in [3.05, 3.63) is 128 Å². The number of benzene rings is 3. The molecule has 6 rings (SSSR count). The smallest absolute Gasteiger partial charge is 0.0788 e. The van der Waals surface area contributed by atoms with E-state index in [1.54, 1.807) is 12.4 Å². The summed E-state index contributed by atoms with van der Waals surface area (Å²) in [4.78, 5) is 13.6. The minimum atomic E-state index is 0.977. The molecule has 0 spiro atoms. The molecule has 0 saturated heterocycles. The number of pyridine rings is 3. The van der Waals surface area contributed by atoms with Gasteiger partial charge in [0.1, 0.15) is 0 Å². The van der Waals surface area contributed by atoms with Crippen molar-refractivity contribution in [3.63, 3.8) is 0 Å². The van der Waals surface area contributed by atoms with Crippen LogP contribution in [0.1, 0.15) is 0 Å². The Balaban J connectivity index is 1.46. The first-order chi connectivity index (χ1) is 16.8. The number of para-hydroxylation sites is 1. The van der Waals surface area contributed by atoms with E-state index in [0.717, 1.165) is 55.5 Å². The molecule has 3 aromatic carbocycles. The van der Waals surface area contributed by atoms with Gasteiger partial charge in [-0.15, -0.1) is 0 Å². The molecular formula is C31H21N3. The Morgan fingerprint density at radius 3 is 1.59 bits per heavy atom. The van der Waals surface area contributed by atoms with Gasteiger partial charge in [0.2, 0.25) is 0 Å². The van der Waals surface area contributed by atoms with E-state index in [1.165, 1.54) is 0 Å². The zero-order valence-electron chi connectivity index (χ0n) is 18.5. The van der Waals surface area contributed by atoms with Crippen molar-refractivity contribution in [1.82, 2.24) is 15.0 Å². The molecule has 160 valence electrons. The van der Waals surface area contributed by atoms with Gasteiger partial charge in [-0.2, -0.15) is 0 Å². The normalized spacial score (nSPS) is 10.9. The number of aromatic nitrogens is 3. The van der Waals surface area contributed by atoms with E-state index in [2.05, 4.69) is 94.9 Å². The van der Waals surface area contributed by atoms with Gasteiger partial charge in [0, 0.05) is 41.3 Å². The second-order valence-corrected chi connectivity index (χ2v) is 8.22. The average Bonchev–Trinajstić information content (AvgIpc) is 2.93. The Hall–Kier alpha value is -4.63. The minimum absolute atomic E-state index is 0.977. The Morgan fingerprint density at radius 2 is 1.00 bits per heavy atom. The molecule has 0 bridgehead atoms. The van der Waals surface area contributed by atoms with Crippen molar-refractivity contribution in [2.45, 2.75) is 0 Å². The molecule has 0 aliphatic carbocycles. The van der Waals surface area contributed by atoms with Crippen LogP contribution in [-0.4, -0.2) is 15.0 Å². The van der Waals surface area contributed by atoms with Gasteiger partial charge in [-0.3, -0.25) is 9.97 Å². The van der Waals surface area contributed by atoms with E-state index in [9.17, 15) is 0 Å². The van der Waals surface area contributed by atoms with Crippen LogP contribution >= 0.6 is 0 Å². The summed E-state index contributed by atoms with van der Waals surface area (Å²) in [5, 5.41) is 1.13. The van der Waals surface area contributed by atoms with Gasteiger partial charge >= 0.3 is 0 Å². The number of hydrogen-bond donors (Lipinski definition) is 0. The second kappa shape index (κ2) is 8.72. The lowest BCUT2D eigenvalue weighted by molar-refractivity contribution is 1.33. The van der Waals surface area contributed by atoms with Crippen LogP contribution in [0.25, 0.3) is 55.5 Å². The lowest BCUT2D eigenvalue weighted by Gasteiger charge is -2.13. The summed E-state index contributed by atoms with van der Waals surface area (Å²) in [6.45, 7) is 0. The molecule has 3 aromatic heterocycles. The van der Waals surface area contributed by atoms with Gasteiger partial charge in [-0.25, -0.2) is 4.98 Å². The van der Waals surface area contributed by atoms with Gasteiger partial charge in [-0.05, 0) is 52.1 Å². The first-order valence-electron chi connectivity index (χ1n) is 11.3. The predicted octanol–water partition coefficient (Wildman–Crippen LogP) is 7.69. The molecule has 0 amide bonds. The summed E-state index contributed by atoms with van der Waals surface area (Å²) < 4.78 is 0. The van der Waals surface area contributed by atoms with Crippen LogP contribution in [0.4, 0.5) is 0 Å². The van der Waals surface area contributed by atoms with E-state index < -0.39 is 0 Å². The first kappa shape index (κ1) is 20.0. The lowest BCUT2D eigenvalue weighted by atomic mass is 9.95. The highest BCUT2D eigenvalue weighted by atomic mass is 14.7. The minimum Gasteiger partial charge on any atom is -0.264 e. The van der Waals surface area contributed by atoms with Gasteiger partial charge in [-0.1, -0.05) is 78.9 Å². The highest BCUT2D eigenvalue weighted by Gasteiger charge is 2.12. The summed E-state index contributed by atoms with van der Waals surface area (Å²) in [5.74, 6) is 0. The fourth-order valence-corrected chi connectivity index (χ4v) is 4.29. The Morgan fingerprint density at radius 1 is 0.441 bits per heavy atom. The zero-order chi connectivity index (χ0) is 22.7. The summed E-state index contributed by atoms with van der Waals surface area (Å²) >= 11 is 0. The van der Waals surface area contributed by atoms with Crippen LogP contribution < -0.4 is 0 Å². The maximum Gasteiger partial charge on any atom is 0.0788 e. The number of fused-ring (bicyclic) bond motifs is 1. The Bertz CT molecular complexity index is 1440. The van der Waals surface area contributed by atoms with E-state index in [1.807, 2.05) is 30.6 Å². The zero-order valence-corrected chi connectivity index (χ0v) is 18.5. The third-order valence-corrected chi connectivity index (χ3v) is 6.07. The average molecular weight is 436 g/mol. The van der Waals surface area contributed by atoms with Crippen molar-refractivity contribution in [1.29, 1.82) is 0 Å². The molecule has 3 heteroatoms. The molecule has 0 aliphatic heterocycles. The molecule has 6 aromatic rings. The van der Waals surface area contributed by atoms with Crippen molar-refractivity contribution in [2.75, 3.05) is 0 Å². The standard InChI is InChI=1S/C31H21N3/c1-2-8-30-26(5-1)19-29(24-13-9-22(10-14-24)27-6-3-17-32-20-27)31(34-30)25-15-11-23(12-16-25)28-7-4-18-33-21-28/h1-21H. The van der Waals surface area contributed by atoms with Gasteiger partial charge in [0.25, 0.3) is 0 Å². The van der Waals surface area contributed by atoms with E-state index in [4.69, 9.17) is 4.98 Å². The molecule has 3 nitrogen and oxygen atoms in total. The van der Waals surface area contributed by atoms with Crippen LogP contribution in [0.3, 0.4) is 0 Å². The second-order valence-electron chi connectivity index (χ2n) is 8.22. The van der Waals surface area contributed by atoms with Crippen LogP contribution in [0.2, 0.25) is 0 Å². The summed E-state index contributed by atoms with van der Waals surface area (Å²) in [5.41, 5.74) is 9.80. The molecule has 34 heavy (non-hydrogen) atoms. The summed E-state index contributed by atoms with van der Waals surface area (Å²) in [6, 6.07) is 35.8. The maximum absolute atomic E-state index is 5.08. The van der Waals surface area contributed by atoms with Crippen LogP contribution in [0.15, 0.2) is 128 Å². The van der Waals surface area contributed by atoms with Gasteiger partial charge in [0.05, 0.1) is 11.2 Å². The predicted molar refractivity (Wildman–Crippen MR) is 139 cm³/mol. The molecule has 0 unspecified atom stereocenters. The molecule has 0 fully saturated rings.